The van der Waals surface area contributed by atoms with Crippen molar-refractivity contribution in [2.24, 2.45) is 0 Å². The second-order valence-corrected chi connectivity index (χ2v) is 6.30. The van der Waals surface area contributed by atoms with Gasteiger partial charge < -0.3 is 14.8 Å². The third-order valence-electron chi connectivity index (χ3n) is 3.57. The summed E-state index contributed by atoms with van der Waals surface area (Å²) in [6.07, 6.45) is -4.64. The van der Waals surface area contributed by atoms with Crippen molar-refractivity contribution in [3.8, 4) is 11.5 Å². The normalized spacial score (nSPS) is 13.0. The number of alkyl halides is 3. The highest BCUT2D eigenvalue weighted by Gasteiger charge is 2.34. The average molecular weight is 417 g/mol. The Morgan fingerprint density at radius 1 is 1.07 bits per heavy atom. The van der Waals surface area contributed by atoms with Gasteiger partial charge in [0, 0.05) is 10.6 Å². The number of thiocarbonyl (C=S) groups is 1. The number of halogens is 4. The molecule has 0 aromatic heterocycles. The van der Waals surface area contributed by atoms with Gasteiger partial charge in [0.05, 0.1) is 11.3 Å². The van der Waals surface area contributed by atoms with Crippen molar-refractivity contribution in [2.45, 2.75) is 6.18 Å². The Hall–Kier alpha value is -2.52. The highest BCUT2D eigenvalue weighted by molar-refractivity contribution is 7.80. The number of ether oxygens (including phenoxy) is 2. The Bertz CT molecular complexity index is 905. The van der Waals surface area contributed by atoms with E-state index in [9.17, 15) is 18.0 Å². The van der Waals surface area contributed by atoms with E-state index in [1.54, 1.807) is 6.07 Å². The summed E-state index contributed by atoms with van der Waals surface area (Å²) < 4.78 is 50.1. The van der Waals surface area contributed by atoms with Gasteiger partial charge in [0.25, 0.3) is 5.91 Å². The summed E-state index contributed by atoms with van der Waals surface area (Å²) >= 11 is 10.6. The van der Waals surface area contributed by atoms with Crippen LogP contribution in [-0.2, 0) is 6.18 Å². The minimum absolute atomic E-state index is 0.0703. The lowest BCUT2D eigenvalue weighted by molar-refractivity contribution is -0.136. The van der Waals surface area contributed by atoms with Crippen molar-refractivity contribution in [3.05, 3.63) is 52.5 Å². The Morgan fingerprint density at radius 2 is 1.78 bits per heavy atom. The minimum Gasteiger partial charge on any atom is -0.486 e. The van der Waals surface area contributed by atoms with Crippen LogP contribution < -0.4 is 20.1 Å². The van der Waals surface area contributed by atoms with E-state index in [2.05, 4.69) is 10.6 Å². The van der Waals surface area contributed by atoms with Crippen LogP contribution >= 0.6 is 23.8 Å². The molecule has 0 atom stereocenters. The lowest BCUT2D eigenvalue weighted by atomic mass is 10.1. The molecule has 27 heavy (non-hydrogen) atoms. The first kappa shape index (κ1) is 19.2. The molecule has 1 amide bonds. The Kier molecular flexibility index (Phi) is 5.43. The molecular formula is C17H12ClF3N2O3S. The number of nitrogens with one attached hydrogen (secondary N) is 2. The fraction of sp³-hybridized carbons (Fsp3) is 0.176. The van der Waals surface area contributed by atoms with Crippen LogP contribution in [0.2, 0.25) is 5.02 Å². The number of fused-ring (bicyclic) bond motifs is 1. The van der Waals surface area contributed by atoms with E-state index in [1.807, 2.05) is 0 Å². The molecule has 1 heterocycles. The highest BCUT2D eigenvalue weighted by atomic mass is 35.5. The van der Waals surface area contributed by atoms with Gasteiger partial charge in [0.2, 0.25) is 0 Å². The highest BCUT2D eigenvalue weighted by Crippen LogP contribution is 2.36. The van der Waals surface area contributed by atoms with E-state index in [1.165, 1.54) is 18.2 Å². The van der Waals surface area contributed by atoms with Gasteiger partial charge >= 0.3 is 6.18 Å². The summed E-state index contributed by atoms with van der Waals surface area (Å²) in [6.45, 7) is 0.768. The fourth-order valence-electron chi connectivity index (χ4n) is 2.37. The average Bonchev–Trinajstić information content (AvgIpc) is 2.61. The number of amides is 1. The molecule has 0 saturated carbocycles. The second-order valence-electron chi connectivity index (χ2n) is 5.45. The summed E-state index contributed by atoms with van der Waals surface area (Å²) in [6, 6.07) is 7.72. The van der Waals surface area contributed by atoms with E-state index >= 15 is 0 Å². The number of hydrogen-bond acceptors (Lipinski definition) is 4. The quantitative estimate of drug-likeness (QED) is 0.716. The fourth-order valence-corrected chi connectivity index (χ4v) is 2.75. The molecule has 0 fully saturated rings. The topological polar surface area (TPSA) is 59.6 Å². The van der Waals surface area contributed by atoms with Crippen LogP contribution in [0.3, 0.4) is 0 Å². The third kappa shape index (κ3) is 4.61. The Labute approximate surface area is 162 Å². The molecule has 1 aliphatic heterocycles. The third-order valence-corrected chi connectivity index (χ3v) is 4.01. The van der Waals surface area contributed by atoms with E-state index in [0.29, 0.717) is 24.7 Å². The van der Waals surface area contributed by atoms with Crippen LogP contribution in [0, 0.1) is 0 Å². The van der Waals surface area contributed by atoms with Crippen LogP contribution in [0.15, 0.2) is 36.4 Å². The molecule has 0 unspecified atom stereocenters. The maximum Gasteiger partial charge on any atom is 0.418 e. The van der Waals surface area contributed by atoms with Crippen molar-refractivity contribution in [1.82, 2.24) is 5.32 Å². The number of benzene rings is 2. The molecule has 5 nitrogen and oxygen atoms in total. The van der Waals surface area contributed by atoms with Gasteiger partial charge in [-0.2, -0.15) is 13.2 Å². The standard InChI is InChI=1S/C17H12ClF3N2O3S/c18-10-2-3-12(11(8-10)17(19,20)21)22-16(27)23-15(24)9-1-4-13-14(7-9)26-6-5-25-13/h1-4,7-8H,5-6H2,(H2,22,23,24,27). The molecule has 0 spiro atoms. The molecule has 142 valence electrons. The first-order chi connectivity index (χ1) is 12.7. The first-order valence-corrected chi connectivity index (χ1v) is 8.41. The van der Waals surface area contributed by atoms with Gasteiger partial charge in [-0.15, -0.1) is 0 Å². The molecule has 2 aromatic rings. The van der Waals surface area contributed by atoms with Crippen molar-refractivity contribution < 1.29 is 27.4 Å². The summed E-state index contributed by atoms with van der Waals surface area (Å²) in [4.78, 5) is 12.3. The number of rotatable bonds is 2. The first-order valence-electron chi connectivity index (χ1n) is 7.63. The molecule has 0 saturated heterocycles. The zero-order valence-electron chi connectivity index (χ0n) is 13.5. The Balaban J connectivity index is 1.72. The summed E-state index contributed by atoms with van der Waals surface area (Å²) in [7, 11) is 0. The predicted molar refractivity (Wildman–Crippen MR) is 97.6 cm³/mol. The van der Waals surface area contributed by atoms with E-state index in [0.717, 1.165) is 12.1 Å². The largest absolute Gasteiger partial charge is 0.486 e. The van der Waals surface area contributed by atoms with E-state index < -0.39 is 17.6 Å². The maximum absolute atomic E-state index is 13.1. The van der Waals surface area contributed by atoms with Gasteiger partial charge in [0.1, 0.15) is 13.2 Å². The molecule has 0 bridgehead atoms. The molecule has 0 radical (unpaired) electrons. The van der Waals surface area contributed by atoms with Crippen LogP contribution in [0.1, 0.15) is 15.9 Å². The number of hydrogen-bond donors (Lipinski definition) is 2. The lowest BCUT2D eigenvalue weighted by Crippen LogP contribution is -2.34. The van der Waals surface area contributed by atoms with Crippen LogP contribution in [-0.4, -0.2) is 24.2 Å². The zero-order valence-corrected chi connectivity index (χ0v) is 15.1. The maximum atomic E-state index is 13.1. The minimum atomic E-state index is -4.64. The van der Waals surface area contributed by atoms with Crippen LogP contribution in [0.4, 0.5) is 18.9 Å². The summed E-state index contributed by atoms with van der Waals surface area (Å²) in [5.74, 6) is 0.311. The molecule has 3 rings (SSSR count). The van der Waals surface area contributed by atoms with Crippen molar-refractivity contribution in [3.63, 3.8) is 0 Å². The molecule has 2 N–H and O–H groups in total. The van der Waals surface area contributed by atoms with Gasteiger partial charge in [0.15, 0.2) is 16.6 Å². The SMILES string of the molecule is O=C(NC(=S)Nc1ccc(Cl)cc1C(F)(F)F)c1ccc2c(c1)OCCO2. The monoisotopic (exact) mass is 416 g/mol. The summed E-state index contributed by atoms with van der Waals surface area (Å²) in [5.41, 5.74) is -1.10. The smallest absolute Gasteiger partial charge is 0.418 e. The molecule has 2 aromatic carbocycles. The van der Waals surface area contributed by atoms with Gasteiger partial charge in [-0.3, -0.25) is 10.1 Å². The number of carbonyl (C=O) groups is 1. The second kappa shape index (κ2) is 7.61. The number of anilines is 1. The molecule has 10 heteroatoms. The zero-order chi connectivity index (χ0) is 19.6. The van der Waals surface area contributed by atoms with E-state index in [-0.39, 0.29) is 21.4 Å². The number of carbonyl (C=O) groups excluding carboxylic acids is 1. The van der Waals surface area contributed by atoms with Crippen LogP contribution in [0.5, 0.6) is 11.5 Å². The molecule has 1 aliphatic rings. The lowest BCUT2D eigenvalue weighted by Gasteiger charge is -2.19. The summed E-state index contributed by atoms with van der Waals surface area (Å²) in [5, 5.41) is 4.34. The van der Waals surface area contributed by atoms with E-state index in [4.69, 9.17) is 33.3 Å². The van der Waals surface area contributed by atoms with Gasteiger partial charge in [-0.1, -0.05) is 11.6 Å². The van der Waals surface area contributed by atoms with Crippen molar-refractivity contribution in [1.29, 1.82) is 0 Å². The van der Waals surface area contributed by atoms with Gasteiger partial charge in [-0.25, -0.2) is 0 Å². The molecular weight excluding hydrogens is 405 g/mol. The van der Waals surface area contributed by atoms with Crippen molar-refractivity contribution >= 4 is 40.5 Å². The van der Waals surface area contributed by atoms with Gasteiger partial charge in [-0.05, 0) is 48.6 Å². The Morgan fingerprint density at radius 3 is 2.48 bits per heavy atom. The van der Waals surface area contributed by atoms with Crippen molar-refractivity contribution in [2.75, 3.05) is 18.5 Å². The van der Waals surface area contributed by atoms with Crippen LogP contribution in [0.25, 0.3) is 0 Å². The molecule has 0 aliphatic carbocycles. The predicted octanol–water partition coefficient (Wildman–Crippen LogP) is 4.26.